The molecule has 0 saturated heterocycles. The molecule has 1 heterocycles. The van der Waals surface area contributed by atoms with Crippen LogP contribution in [-0.2, 0) is 19.4 Å². The van der Waals surface area contributed by atoms with Gasteiger partial charge in [-0.25, -0.2) is 0 Å². The van der Waals surface area contributed by atoms with Crippen molar-refractivity contribution in [1.82, 2.24) is 15.5 Å². The molecule has 0 radical (unpaired) electrons. The minimum absolute atomic E-state index is 0.493. The van der Waals surface area contributed by atoms with Crippen molar-refractivity contribution in [3.05, 3.63) is 45.5 Å². The van der Waals surface area contributed by atoms with E-state index in [2.05, 4.69) is 49.6 Å². The van der Waals surface area contributed by atoms with Crippen LogP contribution in [0.2, 0.25) is 0 Å². The molecule has 1 aliphatic rings. The van der Waals surface area contributed by atoms with Gasteiger partial charge in [0.25, 0.3) is 0 Å². The van der Waals surface area contributed by atoms with Crippen molar-refractivity contribution < 1.29 is 4.52 Å². The number of aromatic nitrogens is 2. The Balaban J connectivity index is 1.61. The molecule has 5 heteroatoms. The Morgan fingerprint density at radius 1 is 1.42 bits per heavy atom. The van der Waals surface area contributed by atoms with Gasteiger partial charge < -0.3 is 9.84 Å². The Morgan fingerprint density at radius 2 is 2.32 bits per heavy atom. The zero-order chi connectivity index (χ0) is 13.2. The van der Waals surface area contributed by atoms with Crippen molar-refractivity contribution in [2.24, 2.45) is 0 Å². The molecule has 1 unspecified atom stereocenters. The zero-order valence-electron chi connectivity index (χ0n) is 10.8. The third kappa shape index (κ3) is 3.04. The lowest BCUT2D eigenvalue weighted by Crippen LogP contribution is -2.34. The van der Waals surface area contributed by atoms with Crippen LogP contribution in [0.3, 0.4) is 0 Å². The first-order valence-corrected chi connectivity index (χ1v) is 7.30. The molecule has 4 nitrogen and oxygen atoms in total. The SMILES string of the molecule is Cc1nc(CNC2CCc3cc(Br)ccc3C2)no1. The third-order valence-corrected chi connectivity index (χ3v) is 4.01. The largest absolute Gasteiger partial charge is 0.340 e. The highest BCUT2D eigenvalue weighted by Crippen LogP contribution is 2.24. The van der Waals surface area contributed by atoms with Gasteiger partial charge in [0.05, 0.1) is 6.54 Å². The average Bonchev–Trinajstić information content (AvgIpc) is 2.82. The standard InChI is InChI=1S/C14H16BrN3O/c1-9-17-14(18-19-9)8-16-13-5-3-10-6-12(15)4-2-11(10)7-13/h2,4,6,13,16H,3,5,7-8H2,1H3. The fourth-order valence-electron chi connectivity index (χ4n) is 2.55. The Hall–Kier alpha value is -1.20. The molecule has 2 aromatic rings. The predicted octanol–water partition coefficient (Wildman–Crippen LogP) is 2.79. The van der Waals surface area contributed by atoms with E-state index >= 15 is 0 Å². The van der Waals surface area contributed by atoms with Crippen molar-refractivity contribution in [2.75, 3.05) is 0 Å². The van der Waals surface area contributed by atoms with E-state index in [4.69, 9.17) is 4.52 Å². The maximum atomic E-state index is 4.97. The van der Waals surface area contributed by atoms with Gasteiger partial charge >= 0.3 is 0 Å². The normalized spacial score (nSPS) is 18.3. The van der Waals surface area contributed by atoms with Gasteiger partial charge in [0, 0.05) is 17.4 Å². The quantitative estimate of drug-likeness (QED) is 0.944. The maximum Gasteiger partial charge on any atom is 0.223 e. The van der Waals surface area contributed by atoms with Crippen molar-refractivity contribution in [2.45, 2.75) is 38.8 Å². The molecule has 0 fully saturated rings. The number of hydrogen-bond donors (Lipinski definition) is 1. The Bertz CT molecular complexity index is 582. The molecule has 3 rings (SSSR count). The zero-order valence-corrected chi connectivity index (χ0v) is 12.4. The number of hydrogen-bond acceptors (Lipinski definition) is 4. The Kier molecular flexibility index (Phi) is 3.66. The molecule has 0 amide bonds. The second-order valence-electron chi connectivity index (χ2n) is 4.96. The summed E-state index contributed by atoms with van der Waals surface area (Å²) in [7, 11) is 0. The van der Waals surface area contributed by atoms with Gasteiger partial charge in [0.15, 0.2) is 5.82 Å². The van der Waals surface area contributed by atoms with Gasteiger partial charge in [0.1, 0.15) is 0 Å². The summed E-state index contributed by atoms with van der Waals surface area (Å²) >= 11 is 3.53. The number of benzene rings is 1. The van der Waals surface area contributed by atoms with Crippen molar-refractivity contribution in [1.29, 1.82) is 0 Å². The van der Waals surface area contributed by atoms with Crippen LogP contribution in [0.15, 0.2) is 27.2 Å². The number of aryl methyl sites for hydroxylation is 2. The molecule has 0 saturated carbocycles. The summed E-state index contributed by atoms with van der Waals surface area (Å²) in [6, 6.07) is 7.05. The summed E-state index contributed by atoms with van der Waals surface area (Å²) in [5.74, 6) is 1.36. The van der Waals surface area contributed by atoms with Crippen LogP contribution in [0.5, 0.6) is 0 Å². The number of fused-ring (bicyclic) bond motifs is 1. The van der Waals surface area contributed by atoms with E-state index in [-0.39, 0.29) is 0 Å². The van der Waals surface area contributed by atoms with Gasteiger partial charge in [0.2, 0.25) is 5.89 Å². The molecule has 100 valence electrons. The molecule has 0 aliphatic heterocycles. The lowest BCUT2D eigenvalue weighted by Gasteiger charge is -2.25. The maximum absolute atomic E-state index is 4.97. The van der Waals surface area contributed by atoms with Crippen LogP contribution < -0.4 is 5.32 Å². The van der Waals surface area contributed by atoms with Crippen LogP contribution in [-0.4, -0.2) is 16.2 Å². The number of nitrogens with zero attached hydrogens (tertiary/aromatic N) is 2. The van der Waals surface area contributed by atoms with E-state index in [1.807, 2.05) is 6.92 Å². The fraction of sp³-hybridized carbons (Fsp3) is 0.429. The molecule has 1 atom stereocenters. The molecule has 1 aliphatic carbocycles. The number of rotatable bonds is 3. The number of halogens is 1. The van der Waals surface area contributed by atoms with Gasteiger partial charge in [-0.15, -0.1) is 0 Å². The molecule has 19 heavy (non-hydrogen) atoms. The summed E-state index contributed by atoms with van der Waals surface area (Å²) in [5.41, 5.74) is 2.90. The van der Waals surface area contributed by atoms with Crippen LogP contribution >= 0.6 is 15.9 Å². The summed E-state index contributed by atoms with van der Waals surface area (Å²) < 4.78 is 6.13. The van der Waals surface area contributed by atoms with E-state index in [1.165, 1.54) is 15.6 Å². The highest BCUT2D eigenvalue weighted by atomic mass is 79.9. The monoisotopic (exact) mass is 321 g/mol. The minimum Gasteiger partial charge on any atom is -0.340 e. The van der Waals surface area contributed by atoms with E-state index in [0.29, 0.717) is 18.5 Å². The first kappa shape index (κ1) is 12.8. The van der Waals surface area contributed by atoms with E-state index in [0.717, 1.165) is 25.1 Å². The summed E-state index contributed by atoms with van der Waals surface area (Å²) in [6.45, 7) is 2.49. The lowest BCUT2D eigenvalue weighted by molar-refractivity contribution is 0.380. The molecule has 1 aromatic heterocycles. The molecule has 1 N–H and O–H groups in total. The van der Waals surface area contributed by atoms with E-state index in [1.54, 1.807) is 0 Å². The average molecular weight is 322 g/mol. The molecule has 0 bridgehead atoms. The van der Waals surface area contributed by atoms with Crippen molar-refractivity contribution >= 4 is 15.9 Å². The topological polar surface area (TPSA) is 51.0 Å². The second-order valence-corrected chi connectivity index (χ2v) is 5.88. The second kappa shape index (κ2) is 5.43. The van der Waals surface area contributed by atoms with Crippen LogP contribution in [0.1, 0.15) is 29.3 Å². The number of nitrogens with one attached hydrogen (secondary N) is 1. The third-order valence-electron chi connectivity index (χ3n) is 3.52. The summed E-state index contributed by atoms with van der Waals surface area (Å²) in [6.07, 6.45) is 3.34. The van der Waals surface area contributed by atoms with Gasteiger partial charge in [-0.05, 0) is 42.5 Å². The van der Waals surface area contributed by atoms with Crippen molar-refractivity contribution in [3.63, 3.8) is 0 Å². The minimum atomic E-state index is 0.493. The smallest absolute Gasteiger partial charge is 0.223 e. The van der Waals surface area contributed by atoms with Crippen LogP contribution in [0.25, 0.3) is 0 Å². The van der Waals surface area contributed by atoms with Crippen LogP contribution in [0, 0.1) is 6.92 Å². The van der Waals surface area contributed by atoms with E-state index < -0.39 is 0 Å². The van der Waals surface area contributed by atoms with Gasteiger partial charge in [-0.2, -0.15) is 4.98 Å². The first-order valence-electron chi connectivity index (χ1n) is 6.50. The highest BCUT2D eigenvalue weighted by molar-refractivity contribution is 9.10. The summed E-state index contributed by atoms with van der Waals surface area (Å²) in [4.78, 5) is 4.20. The van der Waals surface area contributed by atoms with E-state index in [9.17, 15) is 0 Å². The summed E-state index contributed by atoms with van der Waals surface area (Å²) in [5, 5.41) is 7.41. The molecular weight excluding hydrogens is 306 g/mol. The molecule has 1 aromatic carbocycles. The van der Waals surface area contributed by atoms with Crippen molar-refractivity contribution in [3.8, 4) is 0 Å². The highest BCUT2D eigenvalue weighted by Gasteiger charge is 2.18. The molecule has 0 spiro atoms. The Labute approximate surface area is 120 Å². The van der Waals surface area contributed by atoms with Gasteiger partial charge in [-0.3, -0.25) is 0 Å². The fourth-order valence-corrected chi connectivity index (χ4v) is 2.96. The molecular formula is C14H16BrN3O. The van der Waals surface area contributed by atoms with Crippen LogP contribution in [0.4, 0.5) is 0 Å². The lowest BCUT2D eigenvalue weighted by atomic mass is 9.88. The first-order chi connectivity index (χ1) is 9.20. The van der Waals surface area contributed by atoms with Gasteiger partial charge in [-0.1, -0.05) is 27.2 Å². The Morgan fingerprint density at radius 3 is 3.11 bits per heavy atom. The predicted molar refractivity (Wildman–Crippen MR) is 75.8 cm³/mol.